The van der Waals surface area contributed by atoms with E-state index in [1.165, 1.54) is 87.8 Å². The quantitative estimate of drug-likeness (QED) is 0.0668. The van der Waals surface area contributed by atoms with Gasteiger partial charge >= 0.3 is 12.1 Å². The molecule has 4 atom stereocenters. The van der Waals surface area contributed by atoms with Gasteiger partial charge in [0.15, 0.2) is 0 Å². The number of quaternary nitrogens is 1. The number of amides is 5. The fourth-order valence-electron chi connectivity index (χ4n) is 7.70. The zero-order chi connectivity index (χ0) is 51.7. The van der Waals surface area contributed by atoms with Gasteiger partial charge in [-0.2, -0.15) is 13.2 Å². The van der Waals surface area contributed by atoms with E-state index in [4.69, 9.17) is 9.90 Å². The number of phenolic OH excluding ortho intramolecular Hbond substituents is 2. The number of nitrogens with zero attached hydrogens (tertiary/aromatic N) is 2. The molecule has 5 rings (SSSR count). The molecule has 1 aromatic heterocycles. The van der Waals surface area contributed by atoms with Crippen molar-refractivity contribution in [2.24, 2.45) is 0 Å². The highest BCUT2D eigenvalue weighted by molar-refractivity contribution is 5.98. The SMILES string of the molecule is CCCCCCCc1ccc2cc(C(=O)NCCC(=O)N[C@@H](CCCC[NH3+])C(=O)N(C)[C@@H]3C(=O)N[C@@H](C)C(=O)N[C@H](C(=O)O)Cc4ccc(O)c(c4)-c4cc3ccc4O)cnc2c1.O=C([O-])C(F)(F)F. The number of carbonyl (C=O) groups excluding carboxylic acids is 6. The smallest absolute Gasteiger partial charge is 0.430 e. The second kappa shape index (κ2) is 25.9. The second-order valence-electron chi connectivity index (χ2n) is 17.0. The molecule has 0 unspecified atom stereocenters. The number of halogens is 3. The van der Waals surface area contributed by atoms with Crippen LogP contribution in [0, 0.1) is 0 Å². The number of likely N-dealkylation sites (N-methyl/N-ethyl adjacent to an activating group) is 1. The number of benzene rings is 3. The molecular formula is C49H60F3N7O11. The molecule has 3 aromatic carbocycles. The number of aryl methyl sites for hydroxylation is 1. The third kappa shape index (κ3) is 15.9. The van der Waals surface area contributed by atoms with Crippen LogP contribution in [0.5, 0.6) is 11.5 Å². The average molecular weight is 980 g/mol. The molecule has 0 saturated heterocycles. The van der Waals surface area contributed by atoms with Crippen molar-refractivity contribution in [3.8, 4) is 22.6 Å². The van der Waals surface area contributed by atoms with E-state index in [9.17, 15) is 57.3 Å². The normalized spacial score (nSPS) is 16.3. The fourth-order valence-corrected chi connectivity index (χ4v) is 7.70. The summed E-state index contributed by atoms with van der Waals surface area (Å²) in [6, 6.07) is 11.1. The Kier molecular flexibility index (Phi) is 20.5. The van der Waals surface area contributed by atoms with E-state index in [1.54, 1.807) is 6.07 Å². The van der Waals surface area contributed by atoms with Crippen LogP contribution in [0.3, 0.4) is 0 Å². The molecule has 0 saturated carbocycles. The number of rotatable bonds is 18. The monoisotopic (exact) mass is 979 g/mol. The van der Waals surface area contributed by atoms with Crippen LogP contribution < -0.4 is 32.1 Å². The summed E-state index contributed by atoms with van der Waals surface area (Å²) in [7, 11) is 1.37. The molecule has 1 aliphatic heterocycles. The minimum absolute atomic E-state index is 0.0344. The molecule has 21 heteroatoms. The zero-order valence-corrected chi connectivity index (χ0v) is 39.2. The number of hydrogen-bond acceptors (Lipinski definition) is 11. The molecule has 70 heavy (non-hydrogen) atoms. The molecule has 4 aromatic rings. The Balaban J connectivity index is 0.00000141. The number of unbranched alkanes of at least 4 members (excludes halogenated alkanes) is 5. The van der Waals surface area contributed by atoms with Gasteiger partial charge in [0, 0.05) is 49.1 Å². The van der Waals surface area contributed by atoms with Crippen LogP contribution in [0.25, 0.3) is 22.0 Å². The first-order chi connectivity index (χ1) is 33.1. The fraction of sp³-hybridized carbons (Fsp3) is 0.429. The molecule has 0 fully saturated rings. The van der Waals surface area contributed by atoms with E-state index >= 15 is 0 Å². The van der Waals surface area contributed by atoms with Crippen molar-refractivity contribution in [1.29, 1.82) is 0 Å². The van der Waals surface area contributed by atoms with Gasteiger partial charge in [-0.15, -0.1) is 0 Å². The van der Waals surface area contributed by atoms with Gasteiger partial charge in [0.2, 0.25) is 23.6 Å². The predicted octanol–water partition coefficient (Wildman–Crippen LogP) is 2.97. The zero-order valence-electron chi connectivity index (χ0n) is 39.2. The highest BCUT2D eigenvalue weighted by Crippen LogP contribution is 2.39. The Morgan fingerprint density at radius 3 is 2.23 bits per heavy atom. The van der Waals surface area contributed by atoms with Crippen LogP contribution in [0.2, 0.25) is 0 Å². The molecule has 10 N–H and O–H groups in total. The standard InChI is InChI=1S/C47H59N7O9.C2HF3O2/c1-4-5-6-7-8-11-29-13-15-31-25-33(27-50-37(31)23-29)44(59)49-21-19-41(57)52-36(12-9-10-20-48)46(61)54(3)42-32-16-18-40(56)35(26-32)34-22-30(14-17-39(34)55)24-38(47(62)63)53-43(58)28(2)51-45(42)60;3-2(4,5)1(6)7/h13-18,22-23,25-28,36,38,42,55-56H,4-12,19-21,24,48H2,1-3H3,(H,49,59)(H,51,60)(H,52,57)(H,53,58)(H,62,63);(H,6,7)/t28-,36-,38-,42-;/m0./s1. The average Bonchev–Trinajstić information content (AvgIpc) is 3.31. The van der Waals surface area contributed by atoms with Gasteiger partial charge in [0.1, 0.15) is 41.6 Å². The number of alkyl halides is 3. The summed E-state index contributed by atoms with van der Waals surface area (Å²) in [4.78, 5) is 94.9. The van der Waals surface area contributed by atoms with E-state index in [0.29, 0.717) is 30.5 Å². The van der Waals surface area contributed by atoms with Gasteiger partial charge in [-0.1, -0.05) is 56.9 Å². The molecule has 0 aliphatic carbocycles. The van der Waals surface area contributed by atoms with E-state index in [0.717, 1.165) is 28.6 Å². The lowest BCUT2D eigenvalue weighted by atomic mass is 9.93. The maximum atomic E-state index is 14.4. The Labute approximate surface area is 402 Å². The summed E-state index contributed by atoms with van der Waals surface area (Å²) in [5.41, 5.74) is 7.08. The van der Waals surface area contributed by atoms with Gasteiger partial charge in [-0.3, -0.25) is 29.0 Å². The summed E-state index contributed by atoms with van der Waals surface area (Å²) in [5.74, 6) is -8.00. The topological polar surface area (TPSA) is 295 Å². The van der Waals surface area contributed by atoms with Crippen molar-refractivity contribution in [2.75, 3.05) is 20.1 Å². The number of carboxylic acids is 2. The summed E-state index contributed by atoms with van der Waals surface area (Å²) in [5, 5.41) is 51.9. The molecule has 18 nitrogen and oxygen atoms in total. The van der Waals surface area contributed by atoms with E-state index < -0.39 is 71.8 Å². The lowest BCUT2D eigenvalue weighted by Crippen LogP contribution is -2.55. The number of aromatic hydroxyl groups is 2. The molecule has 378 valence electrons. The molecule has 0 spiro atoms. The summed E-state index contributed by atoms with van der Waals surface area (Å²) >= 11 is 0. The number of aromatic nitrogens is 1. The largest absolute Gasteiger partial charge is 0.542 e. The van der Waals surface area contributed by atoms with Crippen molar-refractivity contribution in [3.05, 3.63) is 89.1 Å². The van der Waals surface area contributed by atoms with Crippen LogP contribution in [0.4, 0.5) is 13.2 Å². The highest BCUT2D eigenvalue weighted by atomic mass is 19.4. The van der Waals surface area contributed by atoms with E-state index in [2.05, 4.69) is 45.0 Å². The Morgan fingerprint density at radius 1 is 0.900 bits per heavy atom. The predicted molar refractivity (Wildman–Crippen MR) is 247 cm³/mol. The Bertz CT molecular complexity index is 2520. The minimum atomic E-state index is -5.19. The number of aliphatic carboxylic acids is 2. The molecule has 2 heterocycles. The van der Waals surface area contributed by atoms with Gasteiger partial charge in [-0.25, -0.2) is 4.79 Å². The van der Waals surface area contributed by atoms with Crippen molar-refractivity contribution in [3.63, 3.8) is 0 Å². The van der Waals surface area contributed by atoms with Gasteiger partial charge in [-0.05, 0) is 92.1 Å². The van der Waals surface area contributed by atoms with Crippen molar-refractivity contribution in [1.82, 2.24) is 31.2 Å². The van der Waals surface area contributed by atoms with Gasteiger partial charge in [0.05, 0.1) is 17.6 Å². The Morgan fingerprint density at radius 2 is 1.57 bits per heavy atom. The summed E-state index contributed by atoms with van der Waals surface area (Å²) in [6.07, 6.45) is 4.30. The van der Waals surface area contributed by atoms with Crippen LogP contribution in [0.1, 0.15) is 105 Å². The third-order valence-electron chi connectivity index (χ3n) is 11.6. The number of pyridine rings is 1. The first-order valence-electron chi connectivity index (χ1n) is 22.9. The number of phenols is 2. The third-order valence-corrected chi connectivity index (χ3v) is 11.6. The number of carboxylic acid groups (broad SMARTS) is 2. The number of fused-ring (bicyclic) bond motifs is 6. The van der Waals surface area contributed by atoms with Crippen LogP contribution in [-0.2, 0) is 41.6 Å². The van der Waals surface area contributed by atoms with Crippen LogP contribution in [0.15, 0.2) is 66.9 Å². The van der Waals surface area contributed by atoms with Gasteiger partial charge < -0.3 is 57.1 Å². The molecule has 5 amide bonds. The maximum absolute atomic E-state index is 14.4. The lowest BCUT2D eigenvalue weighted by Gasteiger charge is -2.32. The van der Waals surface area contributed by atoms with Crippen LogP contribution in [-0.4, -0.2) is 111 Å². The van der Waals surface area contributed by atoms with Crippen molar-refractivity contribution in [2.45, 2.75) is 115 Å². The first-order valence-corrected chi connectivity index (χ1v) is 22.9. The van der Waals surface area contributed by atoms with Crippen LogP contribution >= 0.6 is 0 Å². The number of hydrogen-bond donors (Lipinski definition) is 8. The first kappa shape index (κ1) is 55.3. The Hall–Kier alpha value is -7.29. The maximum Gasteiger partial charge on any atom is 0.430 e. The molecular weight excluding hydrogens is 920 g/mol. The summed E-state index contributed by atoms with van der Waals surface area (Å²) < 4.78 is 31.5. The molecule has 4 bridgehead atoms. The van der Waals surface area contributed by atoms with E-state index in [1.807, 2.05) is 12.1 Å². The molecule has 1 aliphatic rings. The number of carbonyl (C=O) groups is 7. The van der Waals surface area contributed by atoms with Crippen molar-refractivity contribution < 1.29 is 72.9 Å². The lowest BCUT2D eigenvalue weighted by molar-refractivity contribution is -0.368. The number of nitrogens with one attached hydrogen (secondary N) is 4. The summed E-state index contributed by atoms with van der Waals surface area (Å²) in [6.45, 7) is 4.12. The van der Waals surface area contributed by atoms with Gasteiger partial charge in [0.25, 0.3) is 5.91 Å². The second-order valence-corrected chi connectivity index (χ2v) is 17.0. The highest BCUT2D eigenvalue weighted by Gasteiger charge is 2.36. The van der Waals surface area contributed by atoms with E-state index in [-0.39, 0.29) is 54.0 Å². The van der Waals surface area contributed by atoms with Crippen molar-refractivity contribution >= 4 is 52.4 Å². The molecule has 0 radical (unpaired) electrons. The minimum Gasteiger partial charge on any atom is -0.542 e.